The fraction of sp³-hybridized carbons (Fsp3) is 1.00. The smallest absolute Gasteiger partial charge is 0.00673 e. The molecule has 1 saturated heterocycles. The van der Waals surface area contributed by atoms with Gasteiger partial charge in [0.1, 0.15) is 0 Å². The zero-order valence-electron chi connectivity index (χ0n) is 10.9. The van der Waals surface area contributed by atoms with Gasteiger partial charge in [-0.15, -0.1) is 0 Å². The second-order valence-electron chi connectivity index (χ2n) is 5.89. The van der Waals surface area contributed by atoms with E-state index in [9.17, 15) is 0 Å². The molecule has 0 bridgehead atoms. The standard InChI is InChI=1S/C14H28N2/c1-2-8-14(9-10-15-11-14)12-16-13-6-4-3-5-7-13/h13,15-16H,2-12H2,1H3. The molecule has 0 amide bonds. The van der Waals surface area contributed by atoms with Crippen LogP contribution in [0.2, 0.25) is 0 Å². The van der Waals surface area contributed by atoms with Gasteiger partial charge in [0.25, 0.3) is 0 Å². The van der Waals surface area contributed by atoms with Crippen LogP contribution in [0.5, 0.6) is 0 Å². The van der Waals surface area contributed by atoms with Gasteiger partial charge in [-0.25, -0.2) is 0 Å². The zero-order valence-corrected chi connectivity index (χ0v) is 10.9. The molecule has 1 atom stereocenters. The van der Waals surface area contributed by atoms with Crippen LogP contribution in [-0.2, 0) is 0 Å². The van der Waals surface area contributed by atoms with Crippen molar-refractivity contribution in [3.05, 3.63) is 0 Å². The van der Waals surface area contributed by atoms with Gasteiger partial charge in [0.2, 0.25) is 0 Å². The van der Waals surface area contributed by atoms with Crippen molar-refractivity contribution >= 4 is 0 Å². The normalized spacial score (nSPS) is 32.1. The Morgan fingerprint density at radius 1 is 1.25 bits per heavy atom. The second-order valence-corrected chi connectivity index (χ2v) is 5.89. The van der Waals surface area contributed by atoms with Gasteiger partial charge < -0.3 is 10.6 Å². The van der Waals surface area contributed by atoms with Crippen LogP contribution in [-0.4, -0.2) is 25.7 Å². The first kappa shape index (κ1) is 12.4. The Bertz CT molecular complexity index is 191. The SMILES string of the molecule is CCCC1(CNC2CCCCC2)CCNC1. The van der Waals surface area contributed by atoms with Crippen LogP contribution in [0.1, 0.15) is 58.3 Å². The van der Waals surface area contributed by atoms with E-state index in [0.29, 0.717) is 5.41 Å². The highest BCUT2D eigenvalue weighted by Crippen LogP contribution is 2.31. The number of rotatable bonds is 5. The molecule has 0 aromatic heterocycles. The molecule has 2 aliphatic rings. The number of hydrogen-bond acceptors (Lipinski definition) is 2. The Kier molecular flexibility index (Phi) is 4.66. The van der Waals surface area contributed by atoms with E-state index in [1.807, 2.05) is 0 Å². The van der Waals surface area contributed by atoms with Crippen molar-refractivity contribution in [1.82, 2.24) is 10.6 Å². The predicted molar refractivity (Wildman–Crippen MR) is 69.7 cm³/mol. The molecule has 2 heteroatoms. The van der Waals surface area contributed by atoms with Crippen molar-refractivity contribution in [2.75, 3.05) is 19.6 Å². The Balaban J connectivity index is 1.76. The lowest BCUT2D eigenvalue weighted by Gasteiger charge is -2.32. The molecular weight excluding hydrogens is 196 g/mol. The molecule has 94 valence electrons. The minimum Gasteiger partial charge on any atom is -0.316 e. The first-order chi connectivity index (χ1) is 7.85. The van der Waals surface area contributed by atoms with Crippen LogP contribution in [0.3, 0.4) is 0 Å². The minimum atomic E-state index is 0.576. The highest BCUT2D eigenvalue weighted by Gasteiger charge is 2.33. The summed E-state index contributed by atoms with van der Waals surface area (Å²) in [7, 11) is 0. The van der Waals surface area contributed by atoms with E-state index in [2.05, 4.69) is 17.6 Å². The highest BCUT2D eigenvalue weighted by atomic mass is 15.0. The summed E-state index contributed by atoms with van der Waals surface area (Å²) in [5.41, 5.74) is 0.576. The molecule has 2 N–H and O–H groups in total. The van der Waals surface area contributed by atoms with Gasteiger partial charge >= 0.3 is 0 Å². The minimum absolute atomic E-state index is 0.576. The quantitative estimate of drug-likeness (QED) is 0.750. The summed E-state index contributed by atoms with van der Waals surface area (Å²) in [6.45, 7) is 6.03. The Morgan fingerprint density at radius 2 is 2.06 bits per heavy atom. The van der Waals surface area contributed by atoms with Gasteiger partial charge in [0.15, 0.2) is 0 Å². The lowest BCUT2D eigenvalue weighted by Crippen LogP contribution is -2.41. The maximum absolute atomic E-state index is 3.85. The summed E-state index contributed by atoms with van der Waals surface area (Å²) in [6.07, 6.45) is 11.3. The maximum Gasteiger partial charge on any atom is 0.00673 e. The average molecular weight is 224 g/mol. The van der Waals surface area contributed by atoms with Gasteiger partial charge in [0, 0.05) is 19.1 Å². The first-order valence-corrected chi connectivity index (χ1v) is 7.29. The largest absolute Gasteiger partial charge is 0.316 e. The summed E-state index contributed by atoms with van der Waals surface area (Å²) in [5.74, 6) is 0. The fourth-order valence-corrected chi connectivity index (χ4v) is 3.45. The monoisotopic (exact) mass is 224 g/mol. The summed E-state index contributed by atoms with van der Waals surface area (Å²) in [4.78, 5) is 0. The van der Waals surface area contributed by atoms with Gasteiger partial charge in [-0.2, -0.15) is 0 Å². The number of hydrogen-bond donors (Lipinski definition) is 2. The molecule has 1 aliphatic heterocycles. The predicted octanol–water partition coefficient (Wildman–Crippen LogP) is 2.69. The Hall–Kier alpha value is -0.0800. The van der Waals surface area contributed by atoms with Crippen molar-refractivity contribution in [2.24, 2.45) is 5.41 Å². The van der Waals surface area contributed by atoms with Crippen molar-refractivity contribution in [2.45, 2.75) is 64.3 Å². The summed E-state index contributed by atoms with van der Waals surface area (Å²) in [5, 5.41) is 7.39. The van der Waals surface area contributed by atoms with E-state index in [1.54, 1.807) is 0 Å². The van der Waals surface area contributed by atoms with E-state index in [4.69, 9.17) is 0 Å². The molecule has 0 spiro atoms. The van der Waals surface area contributed by atoms with Gasteiger partial charge in [-0.05, 0) is 37.6 Å². The molecule has 1 heterocycles. The summed E-state index contributed by atoms with van der Waals surface area (Å²) in [6, 6.07) is 0.822. The molecule has 1 aliphatic carbocycles. The summed E-state index contributed by atoms with van der Waals surface area (Å²) < 4.78 is 0. The molecule has 2 rings (SSSR count). The van der Waals surface area contributed by atoms with E-state index in [1.165, 1.54) is 71.0 Å². The molecule has 0 aromatic carbocycles. The van der Waals surface area contributed by atoms with Crippen LogP contribution in [0.15, 0.2) is 0 Å². The van der Waals surface area contributed by atoms with Crippen LogP contribution in [0, 0.1) is 5.41 Å². The molecule has 1 unspecified atom stereocenters. The van der Waals surface area contributed by atoms with Gasteiger partial charge in [-0.3, -0.25) is 0 Å². The maximum atomic E-state index is 3.85. The van der Waals surface area contributed by atoms with E-state index in [0.717, 1.165) is 6.04 Å². The van der Waals surface area contributed by atoms with Crippen molar-refractivity contribution < 1.29 is 0 Å². The van der Waals surface area contributed by atoms with E-state index in [-0.39, 0.29) is 0 Å². The van der Waals surface area contributed by atoms with Gasteiger partial charge in [0.05, 0.1) is 0 Å². The molecule has 2 nitrogen and oxygen atoms in total. The Morgan fingerprint density at radius 3 is 2.69 bits per heavy atom. The lowest BCUT2D eigenvalue weighted by molar-refractivity contribution is 0.247. The lowest BCUT2D eigenvalue weighted by atomic mass is 9.82. The van der Waals surface area contributed by atoms with Crippen LogP contribution < -0.4 is 10.6 Å². The second kappa shape index (κ2) is 6.02. The first-order valence-electron chi connectivity index (χ1n) is 7.29. The van der Waals surface area contributed by atoms with Gasteiger partial charge in [-0.1, -0.05) is 32.6 Å². The third kappa shape index (κ3) is 3.21. The van der Waals surface area contributed by atoms with Crippen molar-refractivity contribution in [1.29, 1.82) is 0 Å². The van der Waals surface area contributed by atoms with Crippen LogP contribution in [0.4, 0.5) is 0 Å². The summed E-state index contributed by atoms with van der Waals surface area (Å²) >= 11 is 0. The third-order valence-corrected chi connectivity index (χ3v) is 4.48. The molecule has 1 saturated carbocycles. The molecule has 0 radical (unpaired) electrons. The fourth-order valence-electron chi connectivity index (χ4n) is 3.45. The molecule has 2 fully saturated rings. The van der Waals surface area contributed by atoms with E-state index >= 15 is 0 Å². The topological polar surface area (TPSA) is 24.1 Å². The van der Waals surface area contributed by atoms with Crippen molar-refractivity contribution in [3.8, 4) is 0 Å². The third-order valence-electron chi connectivity index (χ3n) is 4.48. The zero-order chi connectivity index (χ0) is 11.3. The van der Waals surface area contributed by atoms with E-state index < -0.39 is 0 Å². The molecular formula is C14H28N2. The molecule has 0 aromatic rings. The average Bonchev–Trinajstić information content (AvgIpc) is 2.78. The Labute approximate surface area is 101 Å². The number of nitrogens with one attached hydrogen (secondary N) is 2. The van der Waals surface area contributed by atoms with Crippen LogP contribution >= 0.6 is 0 Å². The highest BCUT2D eigenvalue weighted by molar-refractivity contribution is 4.90. The van der Waals surface area contributed by atoms with Crippen LogP contribution in [0.25, 0.3) is 0 Å². The van der Waals surface area contributed by atoms with Crippen molar-refractivity contribution in [3.63, 3.8) is 0 Å². The molecule has 16 heavy (non-hydrogen) atoms.